The number of anilines is 1. The minimum Gasteiger partial charge on any atom is -0.493 e. The van der Waals surface area contributed by atoms with Crippen molar-refractivity contribution in [2.45, 2.75) is 20.5 Å². The van der Waals surface area contributed by atoms with Crippen molar-refractivity contribution in [2.75, 3.05) is 19.5 Å². The van der Waals surface area contributed by atoms with E-state index in [2.05, 4.69) is 17.1 Å². The maximum atomic E-state index is 9.75. The Labute approximate surface area is 181 Å². The minimum atomic E-state index is 0.124. The highest BCUT2D eigenvalue weighted by atomic mass is 16.5. The summed E-state index contributed by atoms with van der Waals surface area (Å²) in [4.78, 5) is 2.79. The van der Waals surface area contributed by atoms with Crippen LogP contribution in [0.1, 0.15) is 29.2 Å². The van der Waals surface area contributed by atoms with E-state index in [0.29, 0.717) is 35.8 Å². The standard InChI is InChI=1S/C24H22N4O3/c1-4-30-24-19(13-26)22(18(12-25)23(27)28-24)17-9-10-20(21(11-17)29-3)31-14-16-7-5-15(2)6-8-16/h5-11H,4,14H2,1-3H3,(H2,27,28)/p+1. The number of nitrogens with zero attached hydrogens (tertiary/aromatic N) is 2. The first-order chi connectivity index (χ1) is 15.0. The summed E-state index contributed by atoms with van der Waals surface area (Å²) in [5.41, 5.74) is 9.57. The summed E-state index contributed by atoms with van der Waals surface area (Å²) in [6.07, 6.45) is 0. The molecule has 0 aliphatic heterocycles. The molecular weight excluding hydrogens is 392 g/mol. The second kappa shape index (κ2) is 9.51. The zero-order valence-electron chi connectivity index (χ0n) is 17.7. The summed E-state index contributed by atoms with van der Waals surface area (Å²) in [5, 5.41) is 19.4. The first-order valence-corrected chi connectivity index (χ1v) is 9.70. The summed E-state index contributed by atoms with van der Waals surface area (Å²) >= 11 is 0. The Kier molecular flexibility index (Phi) is 6.59. The molecule has 0 aliphatic rings. The lowest BCUT2D eigenvalue weighted by Crippen LogP contribution is -2.19. The van der Waals surface area contributed by atoms with Crippen molar-refractivity contribution < 1.29 is 19.2 Å². The number of nitriles is 2. The number of rotatable bonds is 7. The van der Waals surface area contributed by atoms with Gasteiger partial charge in [-0.15, -0.1) is 0 Å². The van der Waals surface area contributed by atoms with Crippen molar-refractivity contribution in [2.24, 2.45) is 0 Å². The topological polar surface area (TPSA) is 115 Å². The van der Waals surface area contributed by atoms with Crippen LogP contribution in [-0.4, -0.2) is 13.7 Å². The second-order valence-corrected chi connectivity index (χ2v) is 6.79. The van der Waals surface area contributed by atoms with Gasteiger partial charge in [-0.25, -0.2) is 4.98 Å². The van der Waals surface area contributed by atoms with Crippen LogP contribution in [0.25, 0.3) is 11.1 Å². The lowest BCUT2D eigenvalue weighted by molar-refractivity contribution is -0.377. The molecule has 3 aromatic rings. The number of pyridine rings is 1. The number of benzene rings is 2. The van der Waals surface area contributed by atoms with E-state index in [0.717, 1.165) is 5.56 Å². The van der Waals surface area contributed by atoms with Gasteiger partial charge in [-0.05, 0) is 37.1 Å². The van der Waals surface area contributed by atoms with E-state index in [1.807, 2.05) is 31.2 Å². The SMILES string of the molecule is CCOc1[nH+]c(N)c(C#N)c(-c2ccc(OCc3ccc(C)cc3)c(OC)c2)c1C#N. The Morgan fingerprint density at radius 1 is 0.968 bits per heavy atom. The fourth-order valence-electron chi connectivity index (χ4n) is 3.17. The molecule has 156 valence electrons. The van der Waals surface area contributed by atoms with Gasteiger partial charge in [-0.1, -0.05) is 35.9 Å². The lowest BCUT2D eigenvalue weighted by atomic mass is 9.96. The number of hydrogen-bond donors (Lipinski definition) is 1. The molecule has 7 heteroatoms. The first kappa shape index (κ1) is 21.5. The molecule has 3 rings (SSSR count). The third kappa shape index (κ3) is 4.52. The summed E-state index contributed by atoms with van der Waals surface area (Å²) in [6, 6.07) is 17.5. The average molecular weight is 415 g/mol. The van der Waals surface area contributed by atoms with E-state index in [1.165, 1.54) is 12.7 Å². The first-order valence-electron chi connectivity index (χ1n) is 9.70. The Hall–Kier alpha value is -4.23. The van der Waals surface area contributed by atoms with Crippen LogP contribution in [0.4, 0.5) is 5.82 Å². The lowest BCUT2D eigenvalue weighted by Gasteiger charge is -2.14. The van der Waals surface area contributed by atoms with Crippen LogP contribution in [0.15, 0.2) is 42.5 Å². The number of methoxy groups -OCH3 is 1. The molecule has 7 nitrogen and oxygen atoms in total. The maximum absolute atomic E-state index is 9.75. The molecule has 3 N–H and O–H groups in total. The van der Waals surface area contributed by atoms with Gasteiger partial charge < -0.3 is 14.2 Å². The van der Waals surface area contributed by atoms with E-state index in [4.69, 9.17) is 19.9 Å². The number of H-pyrrole nitrogens is 1. The van der Waals surface area contributed by atoms with Crippen molar-refractivity contribution >= 4 is 5.82 Å². The average Bonchev–Trinajstić information content (AvgIpc) is 2.78. The van der Waals surface area contributed by atoms with E-state index in [9.17, 15) is 10.5 Å². The molecule has 0 unspecified atom stereocenters. The fraction of sp³-hybridized carbons (Fsp3) is 0.208. The number of nitrogens with two attached hydrogens (primary N) is 1. The molecule has 31 heavy (non-hydrogen) atoms. The Morgan fingerprint density at radius 2 is 1.68 bits per heavy atom. The molecule has 0 bridgehead atoms. The molecule has 0 aliphatic carbocycles. The van der Waals surface area contributed by atoms with Gasteiger partial charge >= 0.3 is 5.88 Å². The van der Waals surface area contributed by atoms with E-state index < -0.39 is 0 Å². The van der Waals surface area contributed by atoms with Crippen LogP contribution in [0.3, 0.4) is 0 Å². The van der Waals surface area contributed by atoms with Crippen LogP contribution in [-0.2, 0) is 6.61 Å². The molecule has 0 spiro atoms. The number of nitrogen functional groups attached to an aromatic ring is 1. The van der Waals surface area contributed by atoms with Crippen molar-refractivity contribution in [1.82, 2.24) is 0 Å². The van der Waals surface area contributed by atoms with Crippen LogP contribution in [0, 0.1) is 29.6 Å². The number of hydrogen-bond acceptors (Lipinski definition) is 6. The maximum Gasteiger partial charge on any atom is 0.301 e. The predicted octanol–water partition coefficient (Wildman–Crippen LogP) is 3.79. The van der Waals surface area contributed by atoms with Crippen LogP contribution >= 0.6 is 0 Å². The van der Waals surface area contributed by atoms with Gasteiger partial charge in [0, 0.05) is 5.56 Å². The number of aryl methyl sites for hydroxylation is 1. The van der Waals surface area contributed by atoms with Crippen LogP contribution in [0.2, 0.25) is 0 Å². The number of aromatic amines is 1. The Balaban J connectivity index is 2.03. The smallest absolute Gasteiger partial charge is 0.301 e. The monoisotopic (exact) mass is 415 g/mol. The third-order valence-electron chi connectivity index (χ3n) is 4.72. The fourth-order valence-corrected chi connectivity index (χ4v) is 3.17. The highest BCUT2D eigenvalue weighted by Crippen LogP contribution is 2.38. The van der Waals surface area contributed by atoms with Crippen LogP contribution < -0.4 is 24.9 Å². The molecule has 0 atom stereocenters. The number of aromatic nitrogens is 1. The highest BCUT2D eigenvalue weighted by Gasteiger charge is 2.25. The zero-order chi connectivity index (χ0) is 22.4. The summed E-state index contributed by atoms with van der Waals surface area (Å²) in [7, 11) is 1.53. The van der Waals surface area contributed by atoms with Crippen molar-refractivity contribution in [3.8, 4) is 40.6 Å². The predicted molar refractivity (Wildman–Crippen MR) is 116 cm³/mol. The van der Waals surface area contributed by atoms with Gasteiger partial charge in [0.15, 0.2) is 17.1 Å². The van der Waals surface area contributed by atoms with Gasteiger partial charge in [0.05, 0.1) is 13.7 Å². The molecule has 0 radical (unpaired) electrons. The van der Waals surface area contributed by atoms with Gasteiger partial charge in [0.2, 0.25) is 0 Å². The quantitative estimate of drug-likeness (QED) is 0.628. The largest absolute Gasteiger partial charge is 0.493 e. The molecule has 0 fully saturated rings. The van der Waals surface area contributed by atoms with Gasteiger partial charge in [0.25, 0.3) is 5.82 Å². The molecule has 0 saturated carbocycles. The number of ether oxygens (including phenoxy) is 3. The van der Waals surface area contributed by atoms with Gasteiger partial charge in [0.1, 0.15) is 24.3 Å². The molecule has 1 aromatic heterocycles. The molecule has 0 saturated heterocycles. The minimum absolute atomic E-state index is 0.124. The van der Waals surface area contributed by atoms with Crippen LogP contribution in [0.5, 0.6) is 17.4 Å². The van der Waals surface area contributed by atoms with E-state index in [1.54, 1.807) is 25.1 Å². The van der Waals surface area contributed by atoms with Crippen molar-refractivity contribution in [3.63, 3.8) is 0 Å². The Morgan fingerprint density at radius 3 is 2.29 bits per heavy atom. The number of nitrogens with one attached hydrogen (secondary N) is 1. The van der Waals surface area contributed by atoms with E-state index >= 15 is 0 Å². The molecule has 2 aromatic carbocycles. The second-order valence-electron chi connectivity index (χ2n) is 6.79. The van der Waals surface area contributed by atoms with Gasteiger partial charge in [-0.3, -0.25) is 5.73 Å². The zero-order valence-corrected chi connectivity index (χ0v) is 17.7. The van der Waals surface area contributed by atoms with E-state index in [-0.39, 0.29) is 22.8 Å². The molecule has 1 heterocycles. The van der Waals surface area contributed by atoms with Crippen molar-refractivity contribution in [1.29, 1.82) is 10.5 Å². The summed E-state index contributed by atoms with van der Waals surface area (Å²) in [5.74, 6) is 1.36. The summed E-state index contributed by atoms with van der Waals surface area (Å²) in [6.45, 7) is 4.55. The van der Waals surface area contributed by atoms with Gasteiger partial charge in [-0.2, -0.15) is 10.5 Å². The normalized spacial score (nSPS) is 10.1. The van der Waals surface area contributed by atoms with Crippen molar-refractivity contribution in [3.05, 3.63) is 64.7 Å². The molecule has 0 amide bonds. The highest BCUT2D eigenvalue weighted by molar-refractivity contribution is 5.82. The molecular formula is C24H23N4O3+. The Bertz CT molecular complexity index is 1180. The third-order valence-corrected chi connectivity index (χ3v) is 4.72. The summed E-state index contributed by atoms with van der Waals surface area (Å²) < 4.78 is 17.0.